The molecule has 7 heteroatoms. The van der Waals surface area contributed by atoms with Gasteiger partial charge in [-0.3, -0.25) is 4.79 Å². The monoisotopic (exact) mass is 312 g/mol. The lowest BCUT2D eigenvalue weighted by molar-refractivity contribution is 0.0685. The first kappa shape index (κ1) is 14.0. The highest BCUT2D eigenvalue weighted by Gasteiger charge is 2.27. The molecule has 0 bridgehead atoms. The van der Waals surface area contributed by atoms with Crippen molar-refractivity contribution >= 4 is 16.8 Å². The van der Waals surface area contributed by atoms with Crippen LogP contribution in [0.2, 0.25) is 0 Å². The fourth-order valence-corrected chi connectivity index (χ4v) is 3.02. The summed E-state index contributed by atoms with van der Waals surface area (Å²) in [6.45, 7) is 1.35. The van der Waals surface area contributed by atoms with Crippen LogP contribution in [0, 0.1) is 0 Å². The van der Waals surface area contributed by atoms with Gasteiger partial charge >= 0.3 is 11.8 Å². The molecule has 2 aromatic heterocycles. The van der Waals surface area contributed by atoms with Gasteiger partial charge in [-0.15, -0.1) is 10.2 Å². The summed E-state index contributed by atoms with van der Waals surface area (Å²) in [5.74, 6) is 0.0694. The van der Waals surface area contributed by atoms with Gasteiger partial charge in [0.2, 0.25) is 5.89 Å². The molecule has 3 aromatic rings. The molecule has 0 aliphatic carbocycles. The van der Waals surface area contributed by atoms with Gasteiger partial charge in [0.05, 0.1) is 6.54 Å². The summed E-state index contributed by atoms with van der Waals surface area (Å²) in [5.41, 5.74) is 3.46. The Balaban J connectivity index is 1.58. The number of hydrogen-bond acceptors (Lipinski definition) is 5. The number of carbonyl (C=O) groups excluding carboxylic acids is 1. The summed E-state index contributed by atoms with van der Waals surface area (Å²) in [6, 6.07) is 8.19. The van der Waals surface area contributed by atoms with Gasteiger partial charge < -0.3 is 19.0 Å². The third-order valence-corrected chi connectivity index (χ3v) is 4.09. The van der Waals surface area contributed by atoms with Crippen molar-refractivity contribution in [3.8, 4) is 0 Å². The van der Waals surface area contributed by atoms with Gasteiger partial charge in [0.25, 0.3) is 0 Å². The number of nitrogens with zero attached hydrogens (tertiary/aromatic N) is 3. The number of benzene rings is 1. The smallest absolute Gasteiger partial charge is 0.311 e. The molecule has 1 amide bonds. The molecule has 4 rings (SSSR count). The molecule has 1 aromatic carbocycles. The molecule has 0 radical (unpaired) electrons. The van der Waals surface area contributed by atoms with Crippen LogP contribution in [-0.2, 0) is 24.3 Å². The van der Waals surface area contributed by atoms with Crippen molar-refractivity contribution in [2.75, 3.05) is 13.7 Å². The van der Waals surface area contributed by atoms with Gasteiger partial charge in [-0.1, -0.05) is 18.2 Å². The molecular weight excluding hydrogens is 296 g/mol. The molecule has 0 unspecified atom stereocenters. The Kier molecular flexibility index (Phi) is 3.34. The summed E-state index contributed by atoms with van der Waals surface area (Å²) in [4.78, 5) is 17.6. The fourth-order valence-electron chi connectivity index (χ4n) is 3.02. The normalized spacial score (nSPS) is 14.2. The van der Waals surface area contributed by atoms with E-state index in [0.717, 1.165) is 17.6 Å². The number of ether oxygens (including phenoxy) is 1. The lowest BCUT2D eigenvalue weighted by Gasteiger charge is -2.25. The zero-order valence-corrected chi connectivity index (χ0v) is 12.7. The van der Waals surface area contributed by atoms with E-state index < -0.39 is 0 Å². The van der Waals surface area contributed by atoms with E-state index in [1.54, 1.807) is 4.90 Å². The Hall–Kier alpha value is -2.67. The maximum absolute atomic E-state index is 12.5. The van der Waals surface area contributed by atoms with Crippen LogP contribution in [0.4, 0.5) is 0 Å². The van der Waals surface area contributed by atoms with Crippen LogP contribution in [0.1, 0.15) is 27.8 Å². The Morgan fingerprint density at radius 3 is 3.13 bits per heavy atom. The Morgan fingerprint density at radius 2 is 2.26 bits per heavy atom. The van der Waals surface area contributed by atoms with Gasteiger partial charge in [-0.2, -0.15) is 0 Å². The van der Waals surface area contributed by atoms with Crippen LogP contribution in [0.15, 0.2) is 28.7 Å². The maximum atomic E-state index is 12.5. The molecule has 23 heavy (non-hydrogen) atoms. The molecule has 0 spiro atoms. The molecule has 7 nitrogen and oxygen atoms in total. The number of aromatic amines is 1. The molecule has 0 fully saturated rings. The topological polar surface area (TPSA) is 84.3 Å². The van der Waals surface area contributed by atoms with E-state index in [1.807, 2.05) is 12.1 Å². The summed E-state index contributed by atoms with van der Waals surface area (Å²) in [7, 11) is 1.54. The second-order valence-corrected chi connectivity index (χ2v) is 5.54. The molecule has 118 valence electrons. The highest BCUT2D eigenvalue weighted by atomic mass is 16.5. The minimum atomic E-state index is -0.246. The minimum Gasteiger partial charge on any atom is -0.414 e. The summed E-state index contributed by atoms with van der Waals surface area (Å²) in [5, 5.41) is 8.85. The number of amides is 1. The predicted octanol–water partition coefficient (Wildman–Crippen LogP) is 1.90. The van der Waals surface area contributed by atoms with Gasteiger partial charge in [0.15, 0.2) is 0 Å². The molecular formula is C16H16N4O3. The van der Waals surface area contributed by atoms with E-state index in [4.69, 9.17) is 9.15 Å². The predicted molar refractivity (Wildman–Crippen MR) is 81.8 cm³/mol. The standard InChI is InChI=1S/C16H16N4O3/c1-22-9-14-18-19-15(23-14)16(21)20-7-6-11-10-4-2-3-5-12(10)17-13(11)8-20/h2-5,17H,6-9H2,1H3. The van der Waals surface area contributed by atoms with Crippen LogP contribution in [0.5, 0.6) is 0 Å². The van der Waals surface area contributed by atoms with Crippen LogP contribution < -0.4 is 0 Å². The molecule has 3 heterocycles. The van der Waals surface area contributed by atoms with Crippen molar-refractivity contribution in [2.24, 2.45) is 0 Å². The molecule has 0 saturated carbocycles. The van der Waals surface area contributed by atoms with E-state index in [-0.39, 0.29) is 18.4 Å². The van der Waals surface area contributed by atoms with Gasteiger partial charge in [-0.25, -0.2) is 0 Å². The third-order valence-electron chi connectivity index (χ3n) is 4.09. The average Bonchev–Trinajstić information content (AvgIpc) is 3.18. The lowest BCUT2D eigenvalue weighted by atomic mass is 10.0. The fraction of sp³-hybridized carbons (Fsp3) is 0.312. The minimum absolute atomic E-state index is 0.0108. The van der Waals surface area contributed by atoms with E-state index in [2.05, 4.69) is 27.3 Å². The number of carbonyl (C=O) groups is 1. The van der Waals surface area contributed by atoms with Gasteiger partial charge in [-0.05, 0) is 18.1 Å². The number of hydrogen-bond donors (Lipinski definition) is 1. The lowest BCUT2D eigenvalue weighted by Crippen LogP contribution is -2.36. The number of aromatic nitrogens is 3. The zero-order valence-electron chi connectivity index (χ0n) is 12.7. The summed E-state index contributed by atoms with van der Waals surface area (Å²) < 4.78 is 10.3. The maximum Gasteiger partial charge on any atom is 0.311 e. The number of H-pyrrole nitrogens is 1. The highest BCUT2D eigenvalue weighted by Crippen LogP contribution is 2.27. The van der Waals surface area contributed by atoms with Crippen LogP contribution >= 0.6 is 0 Å². The number of fused-ring (bicyclic) bond motifs is 3. The average molecular weight is 312 g/mol. The SMILES string of the molecule is COCc1nnc(C(=O)N2CCc3c([nH]c4ccccc34)C2)o1. The number of nitrogens with one attached hydrogen (secondary N) is 1. The Morgan fingerprint density at radius 1 is 1.39 bits per heavy atom. The first-order valence-electron chi connectivity index (χ1n) is 7.45. The summed E-state index contributed by atoms with van der Waals surface area (Å²) in [6.07, 6.45) is 0.810. The summed E-state index contributed by atoms with van der Waals surface area (Å²) >= 11 is 0. The van der Waals surface area contributed by atoms with Crippen LogP contribution in [0.25, 0.3) is 10.9 Å². The van der Waals surface area contributed by atoms with Crippen molar-refractivity contribution in [1.29, 1.82) is 0 Å². The Labute approximate surface area is 132 Å². The van der Waals surface area contributed by atoms with Gasteiger partial charge in [0.1, 0.15) is 6.61 Å². The van der Waals surface area contributed by atoms with Crippen LogP contribution in [-0.4, -0.2) is 39.6 Å². The first-order chi connectivity index (χ1) is 11.3. The van der Waals surface area contributed by atoms with Crippen molar-refractivity contribution in [3.63, 3.8) is 0 Å². The second kappa shape index (κ2) is 5.51. The number of para-hydroxylation sites is 1. The zero-order chi connectivity index (χ0) is 15.8. The van der Waals surface area contributed by atoms with E-state index in [0.29, 0.717) is 19.0 Å². The molecule has 0 saturated heterocycles. The molecule has 1 N–H and O–H groups in total. The molecule has 1 aliphatic rings. The van der Waals surface area contributed by atoms with E-state index in [1.165, 1.54) is 18.1 Å². The number of rotatable bonds is 3. The number of methoxy groups -OCH3 is 1. The molecule has 1 aliphatic heterocycles. The third kappa shape index (κ3) is 2.39. The van der Waals surface area contributed by atoms with Crippen molar-refractivity contribution in [1.82, 2.24) is 20.1 Å². The quantitative estimate of drug-likeness (QED) is 0.798. The van der Waals surface area contributed by atoms with Crippen molar-refractivity contribution in [3.05, 3.63) is 47.3 Å². The Bertz CT molecular complexity index is 867. The van der Waals surface area contributed by atoms with Crippen LogP contribution in [0.3, 0.4) is 0 Å². The molecule has 0 atom stereocenters. The van der Waals surface area contributed by atoms with Gasteiger partial charge in [0, 0.05) is 30.3 Å². The van der Waals surface area contributed by atoms with E-state index in [9.17, 15) is 4.79 Å². The first-order valence-corrected chi connectivity index (χ1v) is 7.45. The van der Waals surface area contributed by atoms with E-state index >= 15 is 0 Å². The second-order valence-electron chi connectivity index (χ2n) is 5.54. The van der Waals surface area contributed by atoms with Crippen molar-refractivity contribution in [2.45, 2.75) is 19.6 Å². The highest BCUT2D eigenvalue weighted by molar-refractivity contribution is 5.90. The largest absolute Gasteiger partial charge is 0.414 e. The van der Waals surface area contributed by atoms with Crippen molar-refractivity contribution < 1.29 is 13.9 Å².